The molecule has 33 heavy (non-hydrogen) atoms. The van der Waals surface area contributed by atoms with Crippen LogP contribution in [-0.2, 0) is 9.59 Å². The van der Waals surface area contributed by atoms with Crippen molar-refractivity contribution in [1.29, 1.82) is 0 Å². The highest BCUT2D eigenvalue weighted by Crippen LogP contribution is 2.31. The molecule has 0 aliphatic carbocycles. The van der Waals surface area contributed by atoms with Crippen molar-refractivity contribution in [3.8, 4) is 10.7 Å². The lowest BCUT2D eigenvalue weighted by molar-refractivity contribution is -0.124. The maximum Gasteiger partial charge on any atom is 0.247 e. The van der Waals surface area contributed by atoms with Crippen molar-refractivity contribution in [2.45, 2.75) is 19.9 Å². The second-order valence-corrected chi connectivity index (χ2v) is 9.87. The Labute approximate surface area is 201 Å². The molecule has 11 heteroatoms. The van der Waals surface area contributed by atoms with Crippen LogP contribution in [0.15, 0.2) is 41.5 Å². The molecule has 1 N–H and O–H groups in total. The van der Waals surface area contributed by atoms with E-state index in [4.69, 9.17) is 0 Å². The van der Waals surface area contributed by atoms with Gasteiger partial charge >= 0.3 is 0 Å². The second-order valence-electron chi connectivity index (χ2n) is 8.05. The van der Waals surface area contributed by atoms with Crippen LogP contribution in [0.3, 0.4) is 0 Å². The average molecular weight is 486 g/mol. The third-order valence-electron chi connectivity index (χ3n) is 5.15. The number of piperazine rings is 1. The van der Waals surface area contributed by atoms with E-state index in [9.17, 15) is 9.59 Å². The zero-order valence-corrected chi connectivity index (χ0v) is 20.3. The van der Waals surface area contributed by atoms with Crippen molar-refractivity contribution in [2.24, 2.45) is 0 Å². The third-order valence-corrected chi connectivity index (χ3v) is 6.80. The Hall–Kier alpha value is -2.73. The van der Waals surface area contributed by atoms with E-state index in [1.807, 2.05) is 42.8 Å². The van der Waals surface area contributed by atoms with E-state index in [0.29, 0.717) is 18.1 Å². The molecular weight excluding hydrogens is 458 g/mol. The Morgan fingerprint density at radius 3 is 2.45 bits per heavy atom. The Kier molecular flexibility index (Phi) is 7.76. The number of anilines is 2. The first-order chi connectivity index (χ1) is 16.0. The molecule has 9 nitrogen and oxygen atoms in total. The zero-order valence-electron chi connectivity index (χ0n) is 18.7. The standard InChI is InChI=1S/C22H27N7O2S2/c1-16(2)26-19(30)13-27-6-8-28(9-7-27)14-20(31)29(21-4-3-10-32-21)18-12-17(24-15-25-18)22-23-5-11-33-22/h3-5,10-12,15-16H,6-9,13-14H2,1-2H3,(H,26,30). The maximum absolute atomic E-state index is 13.4. The van der Waals surface area contributed by atoms with Crippen LogP contribution in [0.2, 0.25) is 0 Å². The molecule has 0 bridgehead atoms. The molecule has 0 radical (unpaired) electrons. The Balaban J connectivity index is 1.42. The number of hydrogen-bond acceptors (Lipinski definition) is 9. The van der Waals surface area contributed by atoms with Crippen molar-refractivity contribution >= 4 is 45.3 Å². The highest BCUT2D eigenvalue weighted by Gasteiger charge is 2.26. The van der Waals surface area contributed by atoms with Crippen LogP contribution in [-0.4, -0.2) is 81.9 Å². The number of nitrogens with zero attached hydrogens (tertiary/aromatic N) is 6. The van der Waals surface area contributed by atoms with Gasteiger partial charge in [-0.3, -0.25) is 24.3 Å². The van der Waals surface area contributed by atoms with Gasteiger partial charge in [-0.1, -0.05) is 0 Å². The highest BCUT2D eigenvalue weighted by molar-refractivity contribution is 7.14. The van der Waals surface area contributed by atoms with Gasteiger partial charge in [-0.2, -0.15) is 0 Å². The minimum absolute atomic E-state index is 0.0400. The zero-order chi connectivity index (χ0) is 23.2. The van der Waals surface area contributed by atoms with Crippen LogP contribution in [0.1, 0.15) is 13.8 Å². The lowest BCUT2D eigenvalue weighted by Gasteiger charge is -2.34. The summed E-state index contributed by atoms with van der Waals surface area (Å²) in [4.78, 5) is 44.4. The number of rotatable bonds is 8. The Morgan fingerprint density at radius 1 is 1.06 bits per heavy atom. The molecular formula is C22H27N7O2S2. The minimum Gasteiger partial charge on any atom is -0.353 e. The van der Waals surface area contributed by atoms with Crippen molar-refractivity contribution in [3.63, 3.8) is 0 Å². The van der Waals surface area contributed by atoms with Gasteiger partial charge in [0.2, 0.25) is 11.8 Å². The summed E-state index contributed by atoms with van der Waals surface area (Å²) < 4.78 is 0. The van der Waals surface area contributed by atoms with E-state index in [0.717, 1.165) is 36.2 Å². The average Bonchev–Trinajstić information content (AvgIpc) is 3.50. The molecule has 4 heterocycles. The molecule has 4 rings (SSSR count). The van der Waals surface area contributed by atoms with Gasteiger partial charge in [0.15, 0.2) is 0 Å². The first-order valence-corrected chi connectivity index (χ1v) is 12.6. The van der Waals surface area contributed by atoms with Gasteiger partial charge in [-0.05, 0) is 31.4 Å². The molecule has 1 saturated heterocycles. The van der Waals surface area contributed by atoms with Crippen LogP contribution in [0.5, 0.6) is 0 Å². The van der Waals surface area contributed by atoms with Gasteiger partial charge in [-0.15, -0.1) is 22.7 Å². The van der Waals surface area contributed by atoms with Gasteiger partial charge in [0, 0.05) is 49.9 Å². The monoisotopic (exact) mass is 485 g/mol. The van der Waals surface area contributed by atoms with Gasteiger partial charge in [0.25, 0.3) is 0 Å². The molecule has 0 aromatic carbocycles. The summed E-state index contributed by atoms with van der Waals surface area (Å²) in [6, 6.07) is 5.78. The molecule has 0 atom stereocenters. The van der Waals surface area contributed by atoms with E-state index >= 15 is 0 Å². The summed E-state index contributed by atoms with van der Waals surface area (Å²) >= 11 is 2.99. The molecule has 0 unspecified atom stereocenters. The number of thiophene rings is 1. The summed E-state index contributed by atoms with van der Waals surface area (Å²) in [6.45, 7) is 7.54. The lowest BCUT2D eigenvalue weighted by Crippen LogP contribution is -2.52. The van der Waals surface area contributed by atoms with E-state index in [1.54, 1.807) is 11.1 Å². The number of amides is 2. The van der Waals surface area contributed by atoms with E-state index in [2.05, 4.69) is 30.1 Å². The molecule has 1 aliphatic rings. The normalized spacial score (nSPS) is 15.0. The van der Waals surface area contributed by atoms with Gasteiger partial charge in [-0.25, -0.2) is 15.0 Å². The van der Waals surface area contributed by atoms with Crippen LogP contribution < -0.4 is 10.2 Å². The molecule has 174 valence electrons. The summed E-state index contributed by atoms with van der Waals surface area (Å²) in [6.07, 6.45) is 3.21. The Bertz CT molecular complexity index is 1050. The number of carbonyl (C=O) groups excluding carboxylic acids is 2. The number of carbonyl (C=O) groups is 2. The molecule has 0 spiro atoms. The number of thiazole rings is 1. The Morgan fingerprint density at radius 2 is 1.82 bits per heavy atom. The van der Waals surface area contributed by atoms with Crippen molar-refractivity contribution in [1.82, 2.24) is 30.1 Å². The largest absolute Gasteiger partial charge is 0.353 e. The summed E-state index contributed by atoms with van der Waals surface area (Å²) in [5.41, 5.74) is 0.692. The minimum atomic E-state index is -0.0489. The van der Waals surface area contributed by atoms with E-state index in [1.165, 1.54) is 29.0 Å². The fraction of sp³-hybridized carbons (Fsp3) is 0.409. The van der Waals surface area contributed by atoms with Crippen LogP contribution in [0, 0.1) is 0 Å². The topological polar surface area (TPSA) is 94.6 Å². The van der Waals surface area contributed by atoms with Crippen LogP contribution in [0.25, 0.3) is 10.7 Å². The van der Waals surface area contributed by atoms with Crippen molar-refractivity contribution in [3.05, 3.63) is 41.5 Å². The summed E-state index contributed by atoms with van der Waals surface area (Å²) in [5.74, 6) is 0.525. The molecule has 1 fully saturated rings. The molecule has 2 amide bonds. The molecule has 1 aliphatic heterocycles. The quantitative estimate of drug-likeness (QED) is 0.524. The second kappa shape index (κ2) is 10.9. The van der Waals surface area contributed by atoms with Crippen molar-refractivity contribution in [2.75, 3.05) is 44.2 Å². The van der Waals surface area contributed by atoms with Gasteiger partial charge in [0.1, 0.15) is 27.8 Å². The van der Waals surface area contributed by atoms with Crippen LogP contribution >= 0.6 is 22.7 Å². The third kappa shape index (κ3) is 6.20. The number of nitrogens with one attached hydrogen (secondary N) is 1. The van der Waals surface area contributed by atoms with Gasteiger partial charge < -0.3 is 5.32 Å². The first kappa shape index (κ1) is 23.4. The van der Waals surface area contributed by atoms with E-state index in [-0.39, 0.29) is 24.4 Å². The van der Waals surface area contributed by atoms with Crippen molar-refractivity contribution < 1.29 is 9.59 Å². The highest BCUT2D eigenvalue weighted by atomic mass is 32.1. The first-order valence-electron chi connectivity index (χ1n) is 10.8. The SMILES string of the molecule is CC(C)NC(=O)CN1CCN(CC(=O)N(c2cc(-c3nccs3)ncn2)c2cccs2)CC1. The number of aromatic nitrogens is 3. The predicted octanol–water partition coefficient (Wildman–Crippen LogP) is 2.47. The van der Waals surface area contributed by atoms with E-state index < -0.39 is 0 Å². The lowest BCUT2D eigenvalue weighted by atomic mass is 10.3. The fourth-order valence-electron chi connectivity index (χ4n) is 3.64. The molecule has 0 saturated carbocycles. The summed E-state index contributed by atoms with van der Waals surface area (Å²) in [7, 11) is 0. The summed E-state index contributed by atoms with van der Waals surface area (Å²) in [5, 5.41) is 8.37. The molecule has 3 aromatic heterocycles. The predicted molar refractivity (Wildman–Crippen MR) is 131 cm³/mol. The molecule has 3 aromatic rings. The maximum atomic E-state index is 13.4. The number of hydrogen-bond donors (Lipinski definition) is 1. The van der Waals surface area contributed by atoms with Crippen LogP contribution in [0.4, 0.5) is 10.8 Å². The fourth-order valence-corrected chi connectivity index (χ4v) is 4.99. The smallest absolute Gasteiger partial charge is 0.247 e. The van der Waals surface area contributed by atoms with Gasteiger partial charge in [0.05, 0.1) is 13.1 Å².